The first-order chi connectivity index (χ1) is 10.1. The molecule has 114 valence electrons. The van der Waals surface area contributed by atoms with Gasteiger partial charge in [-0.05, 0) is 43.7 Å². The predicted octanol–water partition coefficient (Wildman–Crippen LogP) is 2.86. The van der Waals surface area contributed by atoms with Crippen LogP contribution in [0.4, 0.5) is 5.69 Å². The Morgan fingerprint density at radius 1 is 1.24 bits per heavy atom. The highest BCUT2D eigenvalue weighted by Gasteiger charge is 2.47. The minimum Gasteiger partial charge on any atom is -0.387 e. The molecular weight excluding hydrogens is 262 g/mol. The van der Waals surface area contributed by atoms with Crippen LogP contribution in [0.2, 0.25) is 0 Å². The van der Waals surface area contributed by atoms with Crippen LogP contribution in [-0.2, 0) is 0 Å². The highest BCUT2D eigenvalue weighted by Crippen LogP contribution is 2.44. The zero-order valence-electron chi connectivity index (χ0n) is 12.4. The minimum absolute atomic E-state index is 0.0801. The van der Waals surface area contributed by atoms with E-state index in [4.69, 9.17) is 11.1 Å². The molecule has 1 aromatic rings. The standard InChI is InChI=1S/C17H25N3O/c18-16(19)12-5-3-8-14(11-12)20-15-9-4-7-13-6-1-2-10-17(13,15)21/h3,5,8,11,13,15,20-21H,1-2,4,6-7,9-10H2,(H3,18,19)/t13-,15?,17-/m1/s1. The van der Waals surface area contributed by atoms with E-state index in [1.165, 1.54) is 12.8 Å². The Kier molecular flexibility index (Phi) is 3.89. The summed E-state index contributed by atoms with van der Waals surface area (Å²) in [6, 6.07) is 7.75. The van der Waals surface area contributed by atoms with Gasteiger partial charge < -0.3 is 16.2 Å². The Bertz CT molecular complexity index is 529. The summed E-state index contributed by atoms with van der Waals surface area (Å²) in [5, 5.41) is 22.2. The molecule has 0 bridgehead atoms. The van der Waals surface area contributed by atoms with Crippen molar-refractivity contribution in [3.8, 4) is 0 Å². The molecule has 0 amide bonds. The molecule has 4 nitrogen and oxygen atoms in total. The number of benzene rings is 1. The van der Waals surface area contributed by atoms with Crippen LogP contribution in [0.1, 0.15) is 50.5 Å². The second-order valence-electron chi connectivity index (χ2n) is 6.56. The van der Waals surface area contributed by atoms with E-state index in [9.17, 15) is 5.11 Å². The summed E-state index contributed by atoms with van der Waals surface area (Å²) in [5.74, 6) is 0.519. The lowest BCUT2D eigenvalue weighted by atomic mass is 9.65. The first kappa shape index (κ1) is 14.4. The molecule has 4 heteroatoms. The molecular formula is C17H25N3O. The maximum absolute atomic E-state index is 11.2. The number of rotatable bonds is 3. The van der Waals surface area contributed by atoms with Crippen molar-refractivity contribution in [1.82, 2.24) is 0 Å². The van der Waals surface area contributed by atoms with Gasteiger partial charge in [0.1, 0.15) is 5.84 Å². The summed E-state index contributed by atoms with van der Waals surface area (Å²) >= 11 is 0. The van der Waals surface area contributed by atoms with Crippen molar-refractivity contribution >= 4 is 11.5 Å². The summed E-state index contributed by atoms with van der Waals surface area (Å²) in [6.07, 6.45) is 7.78. The fourth-order valence-electron chi connectivity index (χ4n) is 4.10. The van der Waals surface area contributed by atoms with Crippen LogP contribution in [0.3, 0.4) is 0 Å². The largest absolute Gasteiger partial charge is 0.387 e. The molecule has 3 atom stereocenters. The number of hydrogen-bond acceptors (Lipinski definition) is 3. The maximum Gasteiger partial charge on any atom is 0.122 e. The van der Waals surface area contributed by atoms with E-state index in [2.05, 4.69) is 5.32 Å². The summed E-state index contributed by atoms with van der Waals surface area (Å²) < 4.78 is 0. The molecule has 1 unspecified atom stereocenters. The average molecular weight is 287 g/mol. The van der Waals surface area contributed by atoms with Gasteiger partial charge in [0.2, 0.25) is 0 Å². The van der Waals surface area contributed by atoms with Crippen molar-refractivity contribution in [3.63, 3.8) is 0 Å². The van der Waals surface area contributed by atoms with Gasteiger partial charge in [-0.2, -0.15) is 0 Å². The first-order valence-electron chi connectivity index (χ1n) is 8.03. The summed E-state index contributed by atoms with van der Waals surface area (Å²) in [5.41, 5.74) is 6.66. The van der Waals surface area contributed by atoms with Crippen LogP contribution in [0.5, 0.6) is 0 Å². The van der Waals surface area contributed by atoms with E-state index in [1.54, 1.807) is 0 Å². The van der Waals surface area contributed by atoms with Crippen molar-refractivity contribution in [3.05, 3.63) is 29.8 Å². The SMILES string of the molecule is N=C(N)c1cccc(NC2CCC[C@H]3CCCC[C@]23O)c1. The molecule has 1 aromatic carbocycles. The maximum atomic E-state index is 11.2. The van der Waals surface area contributed by atoms with Crippen LogP contribution in [0.15, 0.2) is 24.3 Å². The molecule has 3 rings (SSSR count). The monoisotopic (exact) mass is 287 g/mol. The van der Waals surface area contributed by atoms with Crippen LogP contribution in [0.25, 0.3) is 0 Å². The van der Waals surface area contributed by atoms with Crippen molar-refractivity contribution in [1.29, 1.82) is 5.41 Å². The van der Waals surface area contributed by atoms with Crippen LogP contribution >= 0.6 is 0 Å². The molecule has 0 spiro atoms. The van der Waals surface area contributed by atoms with Gasteiger partial charge in [0.15, 0.2) is 0 Å². The second kappa shape index (κ2) is 5.68. The topological polar surface area (TPSA) is 82.1 Å². The summed E-state index contributed by atoms with van der Waals surface area (Å²) in [4.78, 5) is 0. The average Bonchev–Trinajstić information content (AvgIpc) is 2.48. The second-order valence-corrected chi connectivity index (χ2v) is 6.56. The Balaban J connectivity index is 1.79. The Morgan fingerprint density at radius 3 is 2.86 bits per heavy atom. The molecule has 0 aromatic heterocycles. The van der Waals surface area contributed by atoms with Gasteiger partial charge in [-0.3, -0.25) is 5.41 Å². The van der Waals surface area contributed by atoms with E-state index < -0.39 is 5.60 Å². The van der Waals surface area contributed by atoms with Crippen LogP contribution < -0.4 is 11.1 Å². The van der Waals surface area contributed by atoms with Crippen molar-refractivity contribution in [2.75, 3.05) is 5.32 Å². The fraction of sp³-hybridized carbons (Fsp3) is 0.588. The molecule has 21 heavy (non-hydrogen) atoms. The third-order valence-corrected chi connectivity index (χ3v) is 5.25. The molecule has 2 fully saturated rings. The highest BCUT2D eigenvalue weighted by atomic mass is 16.3. The number of amidine groups is 1. The molecule has 2 aliphatic rings. The van der Waals surface area contributed by atoms with E-state index in [1.807, 2.05) is 24.3 Å². The van der Waals surface area contributed by atoms with Crippen molar-refractivity contribution in [2.45, 2.75) is 56.6 Å². The van der Waals surface area contributed by atoms with Crippen molar-refractivity contribution < 1.29 is 5.11 Å². The van der Waals surface area contributed by atoms with Gasteiger partial charge in [0, 0.05) is 11.3 Å². The first-order valence-corrected chi connectivity index (χ1v) is 8.03. The number of anilines is 1. The van der Waals surface area contributed by atoms with Crippen molar-refractivity contribution in [2.24, 2.45) is 11.7 Å². The molecule has 2 saturated carbocycles. The molecule has 0 heterocycles. The van der Waals surface area contributed by atoms with E-state index in [0.717, 1.165) is 43.4 Å². The zero-order valence-corrected chi connectivity index (χ0v) is 12.4. The quantitative estimate of drug-likeness (QED) is 0.509. The molecule has 0 radical (unpaired) electrons. The molecule has 0 aliphatic heterocycles. The number of fused-ring (bicyclic) bond motifs is 1. The number of nitrogen functional groups attached to an aromatic ring is 1. The van der Waals surface area contributed by atoms with Gasteiger partial charge in [-0.1, -0.05) is 31.4 Å². The van der Waals surface area contributed by atoms with E-state index >= 15 is 0 Å². The van der Waals surface area contributed by atoms with Gasteiger partial charge >= 0.3 is 0 Å². The van der Waals surface area contributed by atoms with Gasteiger partial charge in [-0.25, -0.2) is 0 Å². The predicted molar refractivity (Wildman–Crippen MR) is 85.6 cm³/mol. The van der Waals surface area contributed by atoms with Crippen LogP contribution in [0, 0.1) is 11.3 Å². The molecule has 0 saturated heterocycles. The summed E-state index contributed by atoms with van der Waals surface area (Å²) in [6.45, 7) is 0. The van der Waals surface area contributed by atoms with Gasteiger partial charge in [0.05, 0.1) is 11.6 Å². The number of aliphatic hydroxyl groups is 1. The third kappa shape index (κ3) is 2.77. The highest BCUT2D eigenvalue weighted by molar-refractivity contribution is 5.95. The number of hydrogen-bond donors (Lipinski definition) is 4. The lowest BCUT2D eigenvalue weighted by Gasteiger charge is -2.49. The third-order valence-electron chi connectivity index (χ3n) is 5.25. The Hall–Kier alpha value is -1.55. The van der Waals surface area contributed by atoms with E-state index in [0.29, 0.717) is 5.92 Å². The lowest BCUT2D eigenvalue weighted by Crippen LogP contribution is -2.56. The smallest absolute Gasteiger partial charge is 0.122 e. The van der Waals surface area contributed by atoms with Crippen LogP contribution in [-0.4, -0.2) is 22.6 Å². The molecule has 5 N–H and O–H groups in total. The fourth-order valence-corrected chi connectivity index (χ4v) is 4.10. The van der Waals surface area contributed by atoms with Gasteiger partial charge in [-0.15, -0.1) is 0 Å². The normalized spacial score (nSPS) is 32.2. The zero-order chi connectivity index (χ0) is 14.9. The lowest BCUT2D eigenvalue weighted by molar-refractivity contribution is -0.0835. The number of nitrogens with two attached hydrogens (primary N) is 1. The van der Waals surface area contributed by atoms with Gasteiger partial charge in [0.25, 0.3) is 0 Å². The minimum atomic E-state index is -0.567. The summed E-state index contributed by atoms with van der Waals surface area (Å²) in [7, 11) is 0. The molecule has 2 aliphatic carbocycles. The Morgan fingerprint density at radius 2 is 2.05 bits per heavy atom. The van der Waals surface area contributed by atoms with E-state index in [-0.39, 0.29) is 11.9 Å². The Labute approximate surface area is 126 Å². The number of nitrogens with one attached hydrogen (secondary N) is 2.